The summed E-state index contributed by atoms with van der Waals surface area (Å²) in [6.07, 6.45) is 1.09. The summed E-state index contributed by atoms with van der Waals surface area (Å²) in [5, 5.41) is 3.32. The number of aromatic nitrogens is 2. The largest absolute Gasteiger partial charge is 0.367 e. The Bertz CT molecular complexity index is 505. The molecule has 17 heavy (non-hydrogen) atoms. The van der Waals surface area contributed by atoms with E-state index < -0.39 is 0 Å². The first kappa shape index (κ1) is 12.0. The van der Waals surface area contributed by atoms with Crippen molar-refractivity contribution in [2.45, 2.75) is 27.2 Å². The van der Waals surface area contributed by atoms with E-state index >= 15 is 0 Å². The molecule has 0 saturated heterocycles. The first-order chi connectivity index (χ1) is 8.22. The molecular weight excluding hydrogens is 230 g/mol. The summed E-state index contributed by atoms with van der Waals surface area (Å²) in [7, 11) is 0. The molecule has 0 unspecified atom stereocenters. The van der Waals surface area contributed by atoms with Crippen LogP contribution in [-0.2, 0) is 0 Å². The molecular formula is C13H17N3S. The predicted molar refractivity (Wildman–Crippen MR) is 73.6 cm³/mol. The van der Waals surface area contributed by atoms with Crippen molar-refractivity contribution >= 4 is 17.5 Å². The molecule has 0 aliphatic carbocycles. The zero-order chi connectivity index (χ0) is 12.3. The van der Waals surface area contributed by atoms with Crippen molar-refractivity contribution in [3.05, 3.63) is 29.3 Å². The molecule has 1 N–H and O–H groups in total. The normalized spacial score (nSPS) is 10.5. The number of anilines is 1. The molecule has 0 amide bonds. The van der Waals surface area contributed by atoms with Crippen LogP contribution in [0.1, 0.15) is 24.5 Å². The number of benzene rings is 1. The van der Waals surface area contributed by atoms with Crippen LogP contribution in [0.3, 0.4) is 0 Å². The third-order valence-corrected chi connectivity index (χ3v) is 3.21. The fourth-order valence-corrected chi connectivity index (χ4v) is 2.26. The molecule has 0 aliphatic rings. The molecule has 0 saturated carbocycles. The molecule has 0 bridgehead atoms. The molecule has 0 aliphatic heterocycles. The molecule has 2 aromatic rings. The summed E-state index contributed by atoms with van der Waals surface area (Å²) in [5.74, 6) is 0.908. The smallest absolute Gasteiger partial charge is 0.168 e. The topological polar surface area (TPSA) is 37.8 Å². The Labute approximate surface area is 106 Å². The van der Waals surface area contributed by atoms with Gasteiger partial charge in [0.1, 0.15) is 5.69 Å². The fourth-order valence-electron chi connectivity index (χ4n) is 1.72. The van der Waals surface area contributed by atoms with Crippen LogP contribution in [0, 0.1) is 13.8 Å². The first-order valence-electron chi connectivity index (χ1n) is 5.86. The van der Waals surface area contributed by atoms with E-state index in [1.165, 1.54) is 28.4 Å². The Morgan fingerprint density at radius 2 is 2.06 bits per heavy atom. The van der Waals surface area contributed by atoms with Gasteiger partial charge in [-0.3, -0.25) is 0 Å². The van der Waals surface area contributed by atoms with Crippen LogP contribution in [0.15, 0.2) is 18.2 Å². The zero-order valence-electron chi connectivity index (χ0n) is 10.4. The van der Waals surface area contributed by atoms with Crippen molar-refractivity contribution in [1.82, 2.24) is 8.75 Å². The van der Waals surface area contributed by atoms with Gasteiger partial charge in [-0.25, -0.2) is 0 Å². The lowest BCUT2D eigenvalue weighted by Crippen LogP contribution is -2.01. The van der Waals surface area contributed by atoms with Gasteiger partial charge in [-0.15, -0.1) is 0 Å². The Morgan fingerprint density at radius 3 is 2.82 bits per heavy atom. The molecule has 1 aromatic carbocycles. The van der Waals surface area contributed by atoms with Gasteiger partial charge in [0.25, 0.3) is 0 Å². The molecule has 0 radical (unpaired) electrons. The molecule has 4 heteroatoms. The number of hydrogen-bond donors (Lipinski definition) is 1. The summed E-state index contributed by atoms with van der Waals surface area (Å²) in [6.45, 7) is 7.28. The lowest BCUT2D eigenvalue weighted by molar-refractivity contribution is 0.974. The molecule has 1 aromatic heterocycles. The van der Waals surface area contributed by atoms with Crippen molar-refractivity contribution in [1.29, 1.82) is 0 Å². The van der Waals surface area contributed by atoms with Crippen LogP contribution in [0.2, 0.25) is 0 Å². The monoisotopic (exact) mass is 247 g/mol. The number of hydrogen-bond acceptors (Lipinski definition) is 4. The van der Waals surface area contributed by atoms with E-state index in [9.17, 15) is 0 Å². The molecule has 0 spiro atoms. The van der Waals surface area contributed by atoms with E-state index in [2.05, 4.69) is 53.0 Å². The molecule has 90 valence electrons. The summed E-state index contributed by atoms with van der Waals surface area (Å²) in [6, 6.07) is 6.43. The second-order valence-electron chi connectivity index (χ2n) is 4.21. The van der Waals surface area contributed by atoms with E-state index in [0.29, 0.717) is 0 Å². The number of aryl methyl sites for hydroxylation is 2. The SMILES string of the molecule is CCCNc1nsnc1-c1cc(C)ccc1C. The minimum absolute atomic E-state index is 0.908. The summed E-state index contributed by atoms with van der Waals surface area (Å²) in [5.41, 5.74) is 4.64. The first-order valence-corrected chi connectivity index (χ1v) is 6.59. The van der Waals surface area contributed by atoms with Gasteiger partial charge >= 0.3 is 0 Å². The van der Waals surface area contributed by atoms with Gasteiger partial charge in [0, 0.05) is 12.1 Å². The van der Waals surface area contributed by atoms with Crippen molar-refractivity contribution in [3.63, 3.8) is 0 Å². The highest BCUT2D eigenvalue weighted by Gasteiger charge is 2.12. The van der Waals surface area contributed by atoms with Gasteiger partial charge in [0.15, 0.2) is 5.82 Å². The van der Waals surface area contributed by atoms with Crippen LogP contribution >= 0.6 is 11.7 Å². The maximum atomic E-state index is 4.41. The van der Waals surface area contributed by atoms with Crippen LogP contribution < -0.4 is 5.32 Å². The second kappa shape index (κ2) is 5.27. The summed E-state index contributed by atoms with van der Waals surface area (Å²) < 4.78 is 8.73. The molecule has 2 rings (SSSR count). The molecule has 0 fully saturated rings. The lowest BCUT2D eigenvalue weighted by atomic mass is 10.0. The van der Waals surface area contributed by atoms with Crippen molar-refractivity contribution in [2.75, 3.05) is 11.9 Å². The van der Waals surface area contributed by atoms with Crippen LogP contribution in [-0.4, -0.2) is 15.3 Å². The number of nitrogens with one attached hydrogen (secondary N) is 1. The quantitative estimate of drug-likeness (QED) is 0.896. The minimum Gasteiger partial charge on any atom is -0.367 e. The maximum absolute atomic E-state index is 4.41. The average molecular weight is 247 g/mol. The Hall–Kier alpha value is -1.42. The van der Waals surface area contributed by atoms with Crippen molar-refractivity contribution < 1.29 is 0 Å². The lowest BCUT2D eigenvalue weighted by Gasteiger charge is -2.07. The third-order valence-electron chi connectivity index (χ3n) is 2.68. The van der Waals surface area contributed by atoms with E-state index in [4.69, 9.17) is 0 Å². The average Bonchev–Trinajstić information content (AvgIpc) is 2.77. The van der Waals surface area contributed by atoms with Gasteiger partial charge in [-0.2, -0.15) is 8.75 Å². The molecule has 1 heterocycles. The zero-order valence-corrected chi connectivity index (χ0v) is 11.3. The Balaban J connectivity index is 2.38. The highest BCUT2D eigenvalue weighted by molar-refractivity contribution is 6.99. The van der Waals surface area contributed by atoms with Crippen molar-refractivity contribution in [2.24, 2.45) is 0 Å². The van der Waals surface area contributed by atoms with Crippen LogP contribution in [0.25, 0.3) is 11.3 Å². The highest BCUT2D eigenvalue weighted by Crippen LogP contribution is 2.29. The number of nitrogens with zero attached hydrogens (tertiary/aromatic N) is 2. The standard InChI is InChI=1S/C13H17N3S/c1-4-7-14-13-12(15-17-16-13)11-8-9(2)5-6-10(11)3/h5-6,8H,4,7H2,1-3H3,(H,14,16). The van der Waals surface area contributed by atoms with Gasteiger partial charge in [0.05, 0.1) is 11.7 Å². The highest BCUT2D eigenvalue weighted by atomic mass is 32.1. The van der Waals surface area contributed by atoms with Gasteiger partial charge in [-0.05, 0) is 31.9 Å². The van der Waals surface area contributed by atoms with Gasteiger partial charge < -0.3 is 5.32 Å². The van der Waals surface area contributed by atoms with Crippen LogP contribution in [0.5, 0.6) is 0 Å². The Morgan fingerprint density at radius 1 is 1.24 bits per heavy atom. The third kappa shape index (κ3) is 2.64. The Kier molecular flexibility index (Phi) is 3.74. The van der Waals surface area contributed by atoms with Crippen molar-refractivity contribution in [3.8, 4) is 11.3 Å². The summed E-state index contributed by atoms with van der Waals surface area (Å²) >= 11 is 1.26. The van der Waals surface area contributed by atoms with Crippen LogP contribution in [0.4, 0.5) is 5.82 Å². The number of rotatable bonds is 4. The second-order valence-corrected chi connectivity index (χ2v) is 4.74. The predicted octanol–water partition coefficient (Wildman–Crippen LogP) is 3.64. The fraction of sp³-hybridized carbons (Fsp3) is 0.385. The van der Waals surface area contributed by atoms with E-state index in [0.717, 1.165) is 24.5 Å². The van der Waals surface area contributed by atoms with E-state index in [1.807, 2.05) is 0 Å². The van der Waals surface area contributed by atoms with E-state index in [1.54, 1.807) is 0 Å². The molecule has 0 atom stereocenters. The van der Waals surface area contributed by atoms with Gasteiger partial charge in [-0.1, -0.05) is 24.6 Å². The van der Waals surface area contributed by atoms with E-state index in [-0.39, 0.29) is 0 Å². The minimum atomic E-state index is 0.908. The maximum Gasteiger partial charge on any atom is 0.168 e. The van der Waals surface area contributed by atoms with Gasteiger partial charge in [0.2, 0.25) is 0 Å². The molecule has 3 nitrogen and oxygen atoms in total. The summed E-state index contributed by atoms with van der Waals surface area (Å²) in [4.78, 5) is 0.